The second kappa shape index (κ2) is 11.2. The highest BCUT2D eigenvalue weighted by Crippen LogP contribution is 2.31. The van der Waals surface area contributed by atoms with E-state index in [-0.39, 0.29) is 18.3 Å². The van der Waals surface area contributed by atoms with Crippen molar-refractivity contribution in [3.63, 3.8) is 0 Å². The largest absolute Gasteiger partial charge is 0.385 e. The Kier molecular flexibility index (Phi) is 9.92. The standard InChI is InChI=1S/C17H32O4/c1-5-14-12-15(19-3)17(16(13-14)20-4)21-11-9-7-6-8-10-18-2/h5,14-17H,1,6-13H2,2-4H3. The van der Waals surface area contributed by atoms with Gasteiger partial charge in [-0.25, -0.2) is 0 Å². The zero-order chi connectivity index (χ0) is 15.5. The Labute approximate surface area is 129 Å². The van der Waals surface area contributed by atoms with Gasteiger partial charge in [0.15, 0.2) is 0 Å². The van der Waals surface area contributed by atoms with Gasteiger partial charge in [0.1, 0.15) is 6.10 Å². The minimum Gasteiger partial charge on any atom is -0.385 e. The van der Waals surface area contributed by atoms with Crippen LogP contribution in [0.25, 0.3) is 0 Å². The minimum atomic E-state index is 0.0372. The molecule has 1 aliphatic rings. The van der Waals surface area contributed by atoms with Crippen LogP contribution in [0, 0.1) is 5.92 Å². The quantitative estimate of drug-likeness (QED) is 0.434. The molecule has 2 atom stereocenters. The summed E-state index contributed by atoms with van der Waals surface area (Å²) in [5.74, 6) is 0.453. The number of hydrogen-bond donors (Lipinski definition) is 0. The Morgan fingerprint density at radius 2 is 1.48 bits per heavy atom. The zero-order valence-electron chi connectivity index (χ0n) is 13.9. The topological polar surface area (TPSA) is 36.9 Å². The summed E-state index contributed by atoms with van der Waals surface area (Å²) in [6.07, 6.45) is 8.76. The van der Waals surface area contributed by atoms with E-state index < -0.39 is 0 Å². The first kappa shape index (κ1) is 18.6. The van der Waals surface area contributed by atoms with Crippen molar-refractivity contribution in [3.05, 3.63) is 12.7 Å². The molecule has 0 aromatic heterocycles. The molecule has 4 nitrogen and oxygen atoms in total. The second-order valence-corrected chi connectivity index (χ2v) is 5.76. The van der Waals surface area contributed by atoms with Crippen LogP contribution in [-0.2, 0) is 18.9 Å². The van der Waals surface area contributed by atoms with Crippen LogP contribution in [0.1, 0.15) is 38.5 Å². The van der Waals surface area contributed by atoms with Crippen LogP contribution < -0.4 is 0 Å². The normalized spacial score (nSPS) is 29.5. The Morgan fingerprint density at radius 1 is 0.905 bits per heavy atom. The van der Waals surface area contributed by atoms with Crippen molar-refractivity contribution >= 4 is 0 Å². The highest BCUT2D eigenvalue weighted by atomic mass is 16.6. The Hall–Kier alpha value is -0.420. The zero-order valence-corrected chi connectivity index (χ0v) is 13.9. The van der Waals surface area contributed by atoms with E-state index in [9.17, 15) is 0 Å². The molecule has 0 bridgehead atoms. The monoisotopic (exact) mass is 300 g/mol. The van der Waals surface area contributed by atoms with Crippen molar-refractivity contribution in [1.29, 1.82) is 0 Å². The fourth-order valence-corrected chi connectivity index (χ4v) is 2.99. The van der Waals surface area contributed by atoms with E-state index in [0.29, 0.717) is 5.92 Å². The van der Waals surface area contributed by atoms with E-state index in [1.807, 2.05) is 6.08 Å². The van der Waals surface area contributed by atoms with Gasteiger partial charge < -0.3 is 18.9 Å². The smallest absolute Gasteiger partial charge is 0.110 e. The lowest BCUT2D eigenvalue weighted by Crippen LogP contribution is -2.47. The van der Waals surface area contributed by atoms with Crippen LogP contribution in [-0.4, -0.2) is 52.9 Å². The summed E-state index contributed by atoms with van der Waals surface area (Å²) < 4.78 is 22.3. The van der Waals surface area contributed by atoms with Crippen LogP contribution in [0.5, 0.6) is 0 Å². The molecule has 0 amide bonds. The maximum absolute atomic E-state index is 6.07. The van der Waals surface area contributed by atoms with Crippen LogP contribution in [0.15, 0.2) is 12.7 Å². The van der Waals surface area contributed by atoms with Crippen molar-refractivity contribution in [2.24, 2.45) is 5.92 Å². The molecule has 1 saturated carbocycles. The average Bonchev–Trinajstić information content (AvgIpc) is 2.53. The first-order valence-corrected chi connectivity index (χ1v) is 8.05. The van der Waals surface area contributed by atoms with Gasteiger partial charge in [-0.15, -0.1) is 6.58 Å². The van der Waals surface area contributed by atoms with Crippen LogP contribution in [0.2, 0.25) is 0 Å². The predicted octanol–water partition coefficient (Wildman–Crippen LogP) is 3.20. The Bertz CT molecular complexity index is 256. The third kappa shape index (κ3) is 6.47. The summed E-state index contributed by atoms with van der Waals surface area (Å²) in [4.78, 5) is 0. The lowest BCUT2D eigenvalue weighted by molar-refractivity contribution is -0.149. The third-order valence-corrected chi connectivity index (χ3v) is 4.29. The number of methoxy groups -OCH3 is 3. The number of ether oxygens (including phenoxy) is 4. The lowest BCUT2D eigenvalue weighted by Gasteiger charge is -2.39. The molecule has 1 aliphatic carbocycles. The van der Waals surface area contributed by atoms with Crippen LogP contribution in [0.4, 0.5) is 0 Å². The van der Waals surface area contributed by atoms with Gasteiger partial charge in [-0.2, -0.15) is 0 Å². The molecule has 0 N–H and O–H groups in total. The van der Waals surface area contributed by atoms with Gasteiger partial charge in [0.25, 0.3) is 0 Å². The SMILES string of the molecule is C=CC1CC(OC)C(OCCCCCCOC)C(OC)C1. The lowest BCUT2D eigenvalue weighted by atomic mass is 9.83. The van der Waals surface area contributed by atoms with Crippen LogP contribution in [0.3, 0.4) is 0 Å². The molecular formula is C17H32O4. The molecule has 0 heterocycles. The molecule has 0 saturated heterocycles. The van der Waals surface area contributed by atoms with Gasteiger partial charge >= 0.3 is 0 Å². The number of allylic oxidation sites excluding steroid dienone is 1. The molecular weight excluding hydrogens is 268 g/mol. The fourth-order valence-electron chi connectivity index (χ4n) is 2.99. The highest BCUT2D eigenvalue weighted by molar-refractivity contribution is 4.95. The molecule has 2 unspecified atom stereocenters. The molecule has 0 aliphatic heterocycles. The van der Waals surface area contributed by atoms with Gasteiger partial charge in [0.05, 0.1) is 12.2 Å². The van der Waals surface area contributed by atoms with Crippen molar-refractivity contribution < 1.29 is 18.9 Å². The third-order valence-electron chi connectivity index (χ3n) is 4.29. The van der Waals surface area contributed by atoms with E-state index in [1.165, 1.54) is 12.8 Å². The molecule has 124 valence electrons. The molecule has 4 heteroatoms. The minimum absolute atomic E-state index is 0.0372. The van der Waals surface area contributed by atoms with Gasteiger partial charge in [0.2, 0.25) is 0 Å². The first-order chi connectivity index (χ1) is 10.3. The van der Waals surface area contributed by atoms with E-state index in [4.69, 9.17) is 18.9 Å². The van der Waals surface area contributed by atoms with Crippen molar-refractivity contribution in [2.75, 3.05) is 34.5 Å². The summed E-state index contributed by atoms with van der Waals surface area (Å²) in [6.45, 7) is 5.52. The Balaban J connectivity index is 2.31. The fraction of sp³-hybridized carbons (Fsp3) is 0.882. The number of hydrogen-bond acceptors (Lipinski definition) is 4. The summed E-state index contributed by atoms with van der Waals surface area (Å²) in [7, 11) is 5.26. The van der Waals surface area contributed by atoms with Crippen molar-refractivity contribution in [1.82, 2.24) is 0 Å². The maximum atomic E-state index is 6.07. The molecule has 0 aromatic rings. The van der Waals surface area contributed by atoms with Crippen molar-refractivity contribution in [2.45, 2.75) is 56.8 Å². The van der Waals surface area contributed by atoms with Crippen LogP contribution >= 0.6 is 0 Å². The second-order valence-electron chi connectivity index (χ2n) is 5.76. The van der Waals surface area contributed by atoms with Gasteiger partial charge in [-0.3, -0.25) is 0 Å². The van der Waals surface area contributed by atoms with E-state index in [2.05, 4.69) is 6.58 Å². The molecule has 0 aromatic carbocycles. The summed E-state index contributed by atoms with van der Waals surface area (Å²) >= 11 is 0. The molecule has 0 radical (unpaired) electrons. The average molecular weight is 300 g/mol. The maximum Gasteiger partial charge on any atom is 0.110 e. The van der Waals surface area contributed by atoms with E-state index >= 15 is 0 Å². The molecule has 0 spiro atoms. The Morgan fingerprint density at radius 3 is 1.95 bits per heavy atom. The number of rotatable bonds is 11. The van der Waals surface area contributed by atoms with Gasteiger partial charge in [-0.1, -0.05) is 18.9 Å². The summed E-state index contributed by atoms with van der Waals surface area (Å²) in [5.41, 5.74) is 0. The molecule has 1 fully saturated rings. The molecule has 1 rings (SSSR count). The summed E-state index contributed by atoms with van der Waals surface area (Å²) in [6, 6.07) is 0. The highest BCUT2D eigenvalue weighted by Gasteiger charge is 2.38. The predicted molar refractivity (Wildman–Crippen MR) is 84.6 cm³/mol. The van der Waals surface area contributed by atoms with Gasteiger partial charge in [-0.05, 0) is 31.6 Å². The summed E-state index contributed by atoms with van der Waals surface area (Å²) in [5, 5.41) is 0. The van der Waals surface area contributed by atoms with E-state index in [1.54, 1.807) is 21.3 Å². The van der Waals surface area contributed by atoms with E-state index in [0.717, 1.165) is 38.9 Å². The molecule has 21 heavy (non-hydrogen) atoms. The van der Waals surface area contributed by atoms with Crippen molar-refractivity contribution in [3.8, 4) is 0 Å². The first-order valence-electron chi connectivity index (χ1n) is 8.05. The number of unbranched alkanes of at least 4 members (excludes halogenated alkanes) is 3. The van der Waals surface area contributed by atoms with Gasteiger partial charge in [0, 0.05) is 34.5 Å².